The van der Waals surface area contributed by atoms with Gasteiger partial charge < -0.3 is 0 Å². The first-order chi connectivity index (χ1) is 4.22. The second-order valence-corrected chi connectivity index (χ2v) is 4.26. The summed E-state index contributed by atoms with van der Waals surface area (Å²) in [5, 5.41) is 0.523. The molecular weight excluding hydrogens is 252 g/mol. The fourth-order valence-electron chi connectivity index (χ4n) is 0.447. The molecule has 2 nitrogen and oxygen atoms in total. The summed E-state index contributed by atoms with van der Waals surface area (Å²) in [7, 11) is 0. The fourth-order valence-corrected chi connectivity index (χ4v) is 2.78. The van der Waals surface area contributed by atoms with Crippen LogP contribution in [-0.4, -0.2) is 5.91 Å². The van der Waals surface area contributed by atoms with Crippen molar-refractivity contribution >= 4 is 17.5 Å². The van der Waals surface area contributed by atoms with Crippen molar-refractivity contribution in [1.29, 1.82) is 0 Å². The number of allylic oxidation sites excluding steroid dienone is 2. The van der Waals surface area contributed by atoms with Gasteiger partial charge in [-0.3, -0.25) is 0 Å². The number of hydrogen-bond acceptors (Lipinski definition) is 1. The molecule has 0 bridgehead atoms. The summed E-state index contributed by atoms with van der Waals surface area (Å²) in [6, 6.07) is 0. The van der Waals surface area contributed by atoms with Gasteiger partial charge in [0, 0.05) is 0 Å². The predicted octanol–water partition coefficient (Wildman–Crippen LogP) is -2.46. The number of halogens is 2. The molecule has 0 aromatic carbocycles. The second kappa shape index (κ2) is 2.70. The van der Waals surface area contributed by atoms with Crippen molar-refractivity contribution in [3.63, 3.8) is 0 Å². The van der Waals surface area contributed by atoms with Crippen LogP contribution in [0, 0.1) is 0 Å². The molecule has 50 valence electrons. The second-order valence-electron chi connectivity index (χ2n) is 1.43. The van der Waals surface area contributed by atoms with Gasteiger partial charge in [-0.25, -0.2) is 0 Å². The van der Waals surface area contributed by atoms with Gasteiger partial charge in [0.1, 0.15) is 0 Å². The molecule has 0 radical (unpaired) electrons. The summed E-state index contributed by atoms with van der Waals surface area (Å²) < 4.78 is 2.54. The summed E-state index contributed by atoms with van der Waals surface area (Å²) in [5.41, 5.74) is 4.99. The van der Waals surface area contributed by atoms with Crippen LogP contribution in [0.4, 0.5) is 0 Å². The molecule has 0 saturated heterocycles. The van der Waals surface area contributed by atoms with E-state index in [2.05, 4.69) is 0 Å². The third-order valence-electron chi connectivity index (χ3n) is 0.807. The summed E-state index contributed by atoms with van der Waals surface area (Å²) in [4.78, 5) is 10.5. The van der Waals surface area contributed by atoms with E-state index >= 15 is 0 Å². The van der Waals surface area contributed by atoms with E-state index < -0.39 is 0 Å². The Morgan fingerprint density at radius 3 is 2.67 bits per heavy atom. The van der Waals surface area contributed by atoms with Gasteiger partial charge in [-0.05, 0) is 0 Å². The summed E-state index contributed by atoms with van der Waals surface area (Å²) in [6.07, 6.45) is 1.73. The van der Waals surface area contributed by atoms with E-state index in [4.69, 9.17) is 17.3 Å². The molecule has 1 rings (SSSR count). The number of hydrogen-bond donors (Lipinski definition) is 1. The standard InChI is InChI=1S/C5H4ClINO/c6-3-1-2-7-4(3)5(8)9/h1-2H,(H2,8,9)/q-1. The average molecular weight is 256 g/mol. The Morgan fingerprint density at radius 1 is 1.78 bits per heavy atom. The fraction of sp³-hybridized carbons (Fsp3) is 0. The molecule has 1 amide bonds. The first-order valence-corrected chi connectivity index (χ1v) is 4.91. The quantitative estimate of drug-likeness (QED) is 0.520. The van der Waals surface area contributed by atoms with Crippen molar-refractivity contribution < 1.29 is 26.0 Å². The van der Waals surface area contributed by atoms with E-state index in [1.807, 2.05) is 4.08 Å². The Morgan fingerprint density at radius 2 is 2.44 bits per heavy atom. The molecule has 0 saturated carbocycles. The number of nitrogens with two attached hydrogens (primary N) is 1. The van der Waals surface area contributed by atoms with Gasteiger partial charge in [-0.2, -0.15) is 0 Å². The summed E-state index contributed by atoms with van der Waals surface area (Å²) >= 11 is 5.28. The zero-order valence-electron chi connectivity index (χ0n) is 4.40. The molecule has 2 N–H and O–H groups in total. The van der Waals surface area contributed by atoms with Crippen molar-refractivity contribution in [2.24, 2.45) is 5.73 Å². The summed E-state index contributed by atoms with van der Waals surface area (Å²) in [6.45, 7) is 0. The zero-order chi connectivity index (χ0) is 6.85. The Kier molecular flexibility index (Phi) is 2.13. The van der Waals surface area contributed by atoms with Gasteiger partial charge in [0.05, 0.1) is 0 Å². The first-order valence-electron chi connectivity index (χ1n) is 2.21. The maximum atomic E-state index is 10.5. The summed E-state index contributed by atoms with van der Waals surface area (Å²) in [5.74, 6) is -0.377. The van der Waals surface area contributed by atoms with Crippen LogP contribution in [0.2, 0.25) is 0 Å². The van der Waals surface area contributed by atoms with E-state index in [0.29, 0.717) is 8.61 Å². The van der Waals surface area contributed by atoms with E-state index in [0.717, 1.165) is 0 Å². The minimum atomic E-state index is -0.377. The Balaban J connectivity index is 2.85. The monoisotopic (exact) mass is 256 g/mol. The van der Waals surface area contributed by atoms with Gasteiger partial charge in [0.2, 0.25) is 0 Å². The van der Waals surface area contributed by atoms with E-state index in [-0.39, 0.29) is 27.1 Å². The molecule has 0 aromatic heterocycles. The van der Waals surface area contributed by atoms with E-state index in [1.165, 1.54) is 0 Å². The first kappa shape index (κ1) is 7.08. The molecule has 0 atom stereocenters. The predicted molar refractivity (Wildman–Crippen MR) is 31.2 cm³/mol. The molecule has 0 aromatic rings. The van der Waals surface area contributed by atoms with Crippen LogP contribution in [0.25, 0.3) is 0 Å². The Bertz CT molecular complexity index is 209. The van der Waals surface area contributed by atoms with Crippen molar-refractivity contribution in [2.45, 2.75) is 0 Å². The molecular formula is C5H4ClINO-. The molecule has 9 heavy (non-hydrogen) atoms. The normalized spacial score (nSPS) is 17.9. The SMILES string of the molecule is NC(=O)C1=C(Cl)C=C[I-]1. The van der Waals surface area contributed by atoms with Crippen LogP contribution in [0.3, 0.4) is 0 Å². The third kappa shape index (κ3) is 1.46. The van der Waals surface area contributed by atoms with Crippen molar-refractivity contribution in [2.75, 3.05) is 0 Å². The molecule has 1 aliphatic heterocycles. The van der Waals surface area contributed by atoms with Crippen LogP contribution in [0.1, 0.15) is 0 Å². The molecule has 0 aliphatic carbocycles. The van der Waals surface area contributed by atoms with Gasteiger partial charge in [-0.1, -0.05) is 0 Å². The Labute approximate surface area is 68.0 Å². The number of amides is 1. The van der Waals surface area contributed by atoms with Crippen molar-refractivity contribution in [1.82, 2.24) is 0 Å². The zero-order valence-corrected chi connectivity index (χ0v) is 7.31. The molecule has 1 aliphatic rings. The van der Waals surface area contributed by atoms with Crippen LogP contribution in [0.5, 0.6) is 0 Å². The number of rotatable bonds is 1. The van der Waals surface area contributed by atoms with Gasteiger partial charge in [0.15, 0.2) is 0 Å². The topological polar surface area (TPSA) is 43.1 Å². The molecule has 1 heterocycles. The van der Waals surface area contributed by atoms with Crippen LogP contribution < -0.4 is 26.9 Å². The number of carbonyl (C=O) groups is 1. The third-order valence-corrected chi connectivity index (χ3v) is 3.90. The van der Waals surface area contributed by atoms with Crippen molar-refractivity contribution in [3.05, 3.63) is 18.8 Å². The minimum absolute atomic E-state index is 0.312. The van der Waals surface area contributed by atoms with Gasteiger partial charge in [0.25, 0.3) is 0 Å². The van der Waals surface area contributed by atoms with E-state index in [9.17, 15) is 4.79 Å². The molecule has 0 fully saturated rings. The van der Waals surface area contributed by atoms with Crippen LogP contribution in [0.15, 0.2) is 18.8 Å². The van der Waals surface area contributed by atoms with Crippen LogP contribution in [-0.2, 0) is 4.79 Å². The molecule has 4 heteroatoms. The van der Waals surface area contributed by atoms with Gasteiger partial charge >= 0.3 is 68.0 Å². The average Bonchev–Trinajstić information content (AvgIpc) is 2.13. The van der Waals surface area contributed by atoms with Crippen molar-refractivity contribution in [3.8, 4) is 0 Å². The number of carbonyl (C=O) groups excluding carboxylic acids is 1. The number of primary amides is 1. The van der Waals surface area contributed by atoms with Gasteiger partial charge in [-0.15, -0.1) is 0 Å². The Hall–Kier alpha value is -0.0300. The molecule has 0 spiro atoms. The maximum absolute atomic E-state index is 10.5. The van der Waals surface area contributed by atoms with Crippen LogP contribution >= 0.6 is 11.6 Å². The van der Waals surface area contributed by atoms with E-state index in [1.54, 1.807) is 6.08 Å². The molecule has 0 unspecified atom stereocenters.